The molecule has 0 unspecified atom stereocenters. The summed E-state index contributed by atoms with van der Waals surface area (Å²) in [7, 11) is 0. The minimum atomic E-state index is -0.885. The normalized spacial score (nSPS) is 10.7. The fraction of sp³-hybridized carbons (Fsp3) is 0.214. The first kappa shape index (κ1) is 12.9. The number of aryl methyl sites for hydroxylation is 2. The zero-order chi connectivity index (χ0) is 13.4. The Balaban J connectivity index is 2.68. The molecule has 0 aliphatic carbocycles. The zero-order valence-corrected chi connectivity index (χ0v) is 12.1. The van der Waals surface area contributed by atoms with Crippen LogP contribution in [0.1, 0.15) is 27.3 Å². The molecule has 1 heterocycles. The molecule has 1 N–H and O–H groups in total. The summed E-state index contributed by atoms with van der Waals surface area (Å²) in [5.74, 6) is -0.885. The topological polar surface area (TPSA) is 42.2 Å². The molecule has 2 aromatic rings. The van der Waals surface area contributed by atoms with E-state index in [0.29, 0.717) is 5.56 Å². The molecule has 1 aromatic carbocycles. The standard InChI is InChI=1S/C14H14BrNO2/c1-8-6-11(15)4-5-13(8)16-9(2)7-12(10(16)3)14(17)18/h4-7H,1-3H3,(H,17,18). The number of rotatable bonds is 2. The summed E-state index contributed by atoms with van der Waals surface area (Å²) in [6.45, 7) is 5.76. The Labute approximate surface area is 114 Å². The Kier molecular flexibility index (Phi) is 3.30. The van der Waals surface area contributed by atoms with Gasteiger partial charge in [0.1, 0.15) is 0 Å². The number of hydrogen-bond acceptors (Lipinski definition) is 1. The van der Waals surface area contributed by atoms with E-state index in [1.165, 1.54) is 0 Å². The summed E-state index contributed by atoms with van der Waals surface area (Å²) in [6, 6.07) is 7.68. The number of halogens is 1. The van der Waals surface area contributed by atoms with Gasteiger partial charge in [-0.1, -0.05) is 15.9 Å². The lowest BCUT2D eigenvalue weighted by Crippen LogP contribution is -2.04. The Bertz CT molecular complexity index is 629. The molecule has 94 valence electrons. The first-order chi connectivity index (χ1) is 8.41. The van der Waals surface area contributed by atoms with Crippen molar-refractivity contribution in [2.45, 2.75) is 20.8 Å². The van der Waals surface area contributed by atoms with E-state index < -0.39 is 5.97 Å². The Morgan fingerprint density at radius 3 is 2.39 bits per heavy atom. The molecule has 0 saturated carbocycles. The summed E-state index contributed by atoms with van der Waals surface area (Å²) < 4.78 is 3.00. The molecule has 3 nitrogen and oxygen atoms in total. The van der Waals surface area contributed by atoms with Gasteiger partial charge in [0, 0.05) is 21.5 Å². The van der Waals surface area contributed by atoms with E-state index in [0.717, 1.165) is 27.1 Å². The van der Waals surface area contributed by atoms with Crippen LogP contribution >= 0.6 is 15.9 Å². The summed E-state index contributed by atoms with van der Waals surface area (Å²) in [5.41, 5.74) is 4.15. The first-order valence-corrected chi connectivity index (χ1v) is 6.40. The van der Waals surface area contributed by atoms with Crippen LogP contribution in [0.3, 0.4) is 0 Å². The van der Waals surface area contributed by atoms with E-state index in [1.54, 1.807) is 6.07 Å². The van der Waals surface area contributed by atoms with E-state index in [9.17, 15) is 4.79 Å². The molecule has 0 amide bonds. The van der Waals surface area contributed by atoms with E-state index in [1.807, 2.05) is 43.5 Å². The monoisotopic (exact) mass is 307 g/mol. The van der Waals surface area contributed by atoms with Crippen LogP contribution in [-0.2, 0) is 0 Å². The van der Waals surface area contributed by atoms with Gasteiger partial charge in [0.25, 0.3) is 0 Å². The lowest BCUT2D eigenvalue weighted by molar-refractivity contribution is 0.0696. The largest absolute Gasteiger partial charge is 0.478 e. The van der Waals surface area contributed by atoms with Crippen molar-refractivity contribution in [2.75, 3.05) is 0 Å². The number of benzene rings is 1. The van der Waals surface area contributed by atoms with E-state index >= 15 is 0 Å². The highest BCUT2D eigenvalue weighted by Gasteiger charge is 2.16. The number of carbonyl (C=O) groups is 1. The predicted molar refractivity (Wildman–Crippen MR) is 74.6 cm³/mol. The van der Waals surface area contributed by atoms with Crippen LogP contribution in [0.4, 0.5) is 0 Å². The van der Waals surface area contributed by atoms with Gasteiger partial charge in [0.2, 0.25) is 0 Å². The number of aromatic nitrogens is 1. The molecule has 0 aliphatic rings. The van der Waals surface area contributed by atoms with Crippen molar-refractivity contribution in [3.05, 3.63) is 51.3 Å². The highest BCUT2D eigenvalue weighted by atomic mass is 79.9. The van der Waals surface area contributed by atoms with Crippen molar-refractivity contribution in [1.29, 1.82) is 0 Å². The smallest absolute Gasteiger partial charge is 0.337 e. The van der Waals surface area contributed by atoms with Crippen molar-refractivity contribution >= 4 is 21.9 Å². The minimum absolute atomic E-state index is 0.356. The number of carboxylic acids is 1. The fourth-order valence-corrected chi connectivity index (χ4v) is 2.70. The fourth-order valence-electron chi connectivity index (χ4n) is 2.22. The van der Waals surface area contributed by atoms with Crippen LogP contribution in [0.2, 0.25) is 0 Å². The van der Waals surface area contributed by atoms with E-state index in [4.69, 9.17) is 5.11 Å². The number of aromatic carboxylic acids is 1. The van der Waals surface area contributed by atoms with Crippen molar-refractivity contribution in [3.8, 4) is 5.69 Å². The van der Waals surface area contributed by atoms with Crippen LogP contribution in [-0.4, -0.2) is 15.6 Å². The average Bonchev–Trinajstić information content (AvgIpc) is 2.56. The molecular weight excluding hydrogens is 294 g/mol. The van der Waals surface area contributed by atoms with Crippen molar-refractivity contribution in [1.82, 2.24) is 4.57 Å². The second-order valence-corrected chi connectivity index (χ2v) is 5.27. The molecule has 18 heavy (non-hydrogen) atoms. The molecule has 4 heteroatoms. The maximum absolute atomic E-state index is 11.1. The van der Waals surface area contributed by atoms with Gasteiger partial charge in [0.05, 0.1) is 5.56 Å². The van der Waals surface area contributed by atoms with Crippen LogP contribution < -0.4 is 0 Å². The predicted octanol–water partition coefficient (Wildman–Crippen LogP) is 3.86. The van der Waals surface area contributed by atoms with E-state index in [-0.39, 0.29) is 0 Å². The molecule has 0 fully saturated rings. The zero-order valence-electron chi connectivity index (χ0n) is 10.5. The van der Waals surface area contributed by atoms with Crippen molar-refractivity contribution in [2.24, 2.45) is 0 Å². The Morgan fingerprint density at radius 1 is 1.22 bits per heavy atom. The quantitative estimate of drug-likeness (QED) is 0.915. The first-order valence-electron chi connectivity index (χ1n) is 5.60. The number of hydrogen-bond donors (Lipinski definition) is 1. The van der Waals surface area contributed by atoms with Gasteiger partial charge in [-0.3, -0.25) is 0 Å². The van der Waals surface area contributed by atoms with Gasteiger partial charge in [-0.25, -0.2) is 4.79 Å². The third-order valence-corrected chi connectivity index (χ3v) is 3.55. The minimum Gasteiger partial charge on any atom is -0.478 e. The van der Waals surface area contributed by atoms with Gasteiger partial charge >= 0.3 is 5.97 Å². The van der Waals surface area contributed by atoms with Crippen molar-refractivity contribution < 1.29 is 9.90 Å². The molecule has 0 aliphatic heterocycles. The second-order valence-electron chi connectivity index (χ2n) is 4.36. The molecule has 2 rings (SSSR count). The third kappa shape index (κ3) is 2.08. The van der Waals surface area contributed by atoms with Gasteiger partial charge in [-0.15, -0.1) is 0 Å². The van der Waals surface area contributed by atoms with Crippen LogP contribution in [0.15, 0.2) is 28.7 Å². The van der Waals surface area contributed by atoms with Crippen LogP contribution in [0.5, 0.6) is 0 Å². The second kappa shape index (κ2) is 4.61. The molecule has 0 atom stereocenters. The van der Waals surface area contributed by atoms with Crippen LogP contribution in [0.25, 0.3) is 5.69 Å². The highest BCUT2D eigenvalue weighted by molar-refractivity contribution is 9.10. The summed E-state index contributed by atoms with van der Waals surface area (Å²) in [5, 5.41) is 9.14. The average molecular weight is 308 g/mol. The Morgan fingerprint density at radius 2 is 1.89 bits per heavy atom. The van der Waals surface area contributed by atoms with Gasteiger partial charge < -0.3 is 9.67 Å². The lowest BCUT2D eigenvalue weighted by Gasteiger charge is -2.13. The molecule has 1 aromatic heterocycles. The summed E-state index contributed by atoms with van der Waals surface area (Å²) in [6.07, 6.45) is 0. The van der Waals surface area contributed by atoms with E-state index in [2.05, 4.69) is 15.9 Å². The molecule has 0 bridgehead atoms. The van der Waals surface area contributed by atoms with Gasteiger partial charge in [-0.2, -0.15) is 0 Å². The number of nitrogens with zero attached hydrogens (tertiary/aromatic N) is 1. The third-order valence-electron chi connectivity index (χ3n) is 3.06. The summed E-state index contributed by atoms with van der Waals surface area (Å²) >= 11 is 3.43. The van der Waals surface area contributed by atoms with Crippen LogP contribution in [0, 0.1) is 20.8 Å². The molecular formula is C14H14BrNO2. The maximum atomic E-state index is 11.1. The van der Waals surface area contributed by atoms with Crippen molar-refractivity contribution in [3.63, 3.8) is 0 Å². The molecule has 0 spiro atoms. The lowest BCUT2D eigenvalue weighted by atomic mass is 10.2. The highest BCUT2D eigenvalue weighted by Crippen LogP contribution is 2.25. The SMILES string of the molecule is Cc1cc(Br)ccc1-n1c(C)cc(C(=O)O)c1C. The van der Waals surface area contributed by atoms with Gasteiger partial charge in [0.15, 0.2) is 0 Å². The number of carboxylic acid groups (broad SMARTS) is 1. The van der Waals surface area contributed by atoms with Gasteiger partial charge in [-0.05, 0) is 50.6 Å². The molecule has 0 radical (unpaired) electrons. The summed E-state index contributed by atoms with van der Waals surface area (Å²) in [4.78, 5) is 11.1. The maximum Gasteiger partial charge on any atom is 0.337 e. The molecule has 0 saturated heterocycles. The Hall–Kier alpha value is -1.55.